The molecule has 80 valence electrons. The molecular weight excluding hydrogens is 188 g/mol. The summed E-state index contributed by atoms with van der Waals surface area (Å²) in [6.45, 7) is 1.99. The zero-order chi connectivity index (χ0) is 11.3. The molecule has 0 aliphatic carbocycles. The number of methoxy groups -OCH3 is 1. The Balaban J connectivity index is 2.88. The van der Waals surface area contributed by atoms with Gasteiger partial charge in [0.05, 0.1) is 13.2 Å². The van der Waals surface area contributed by atoms with Gasteiger partial charge in [-0.15, -0.1) is 12.3 Å². The molecule has 1 unspecified atom stereocenters. The Labute approximate surface area is 90.9 Å². The van der Waals surface area contributed by atoms with Crippen molar-refractivity contribution in [2.24, 2.45) is 0 Å². The zero-order valence-electron chi connectivity index (χ0n) is 9.16. The predicted molar refractivity (Wildman–Crippen MR) is 60.8 cm³/mol. The van der Waals surface area contributed by atoms with Gasteiger partial charge in [0.2, 0.25) is 0 Å². The average Bonchev–Trinajstić information content (AvgIpc) is 2.25. The minimum atomic E-state index is -0.545. The lowest BCUT2D eigenvalue weighted by Gasteiger charge is -2.14. The summed E-state index contributed by atoms with van der Waals surface area (Å²) in [4.78, 5) is 0. The minimum absolute atomic E-state index is 0.545. The fourth-order valence-electron chi connectivity index (χ4n) is 1.47. The molecule has 0 spiro atoms. The quantitative estimate of drug-likeness (QED) is 0.763. The summed E-state index contributed by atoms with van der Waals surface area (Å²) in [5.74, 6) is 3.24. The molecule has 0 aliphatic heterocycles. The van der Waals surface area contributed by atoms with Gasteiger partial charge in [-0.1, -0.05) is 12.1 Å². The monoisotopic (exact) mass is 204 g/mol. The minimum Gasteiger partial charge on any atom is -0.496 e. The van der Waals surface area contributed by atoms with Crippen molar-refractivity contribution in [1.29, 1.82) is 0 Å². The summed E-state index contributed by atoms with van der Waals surface area (Å²) in [5.41, 5.74) is 1.91. The first-order valence-corrected chi connectivity index (χ1v) is 4.95. The Bertz CT molecular complexity index is 363. The second-order valence-electron chi connectivity index (χ2n) is 3.50. The summed E-state index contributed by atoms with van der Waals surface area (Å²) in [6, 6.07) is 5.75. The Morgan fingerprint density at radius 3 is 2.87 bits per heavy atom. The second kappa shape index (κ2) is 5.43. The normalized spacial score (nSPS) is 11.9. The van der Waals surface area contributed by atoms with Gasteiger partial charge in [-0.2, -0.15) is 0 Å². The van der Waals surface area contributed by atoms with E-state index >= 15 is 0 Å². The van der Waals surface area contributed by atoms with E-state index in [-0.39, 0.29) is 0 Å². The number of hydrogen-bond donors (Lipinski definition) is 1. The highest BCUT2D eigenvalue weighted by molar-refractivity contribution is 5.38. The van der Waals surface area contributed by atoms with E-state index in [1.54, 1.807) is 7.11 Å². The number of aryl methyl sites for hydroxylation is 1. The van der Waals surface area contributed by atoms with E-state index in [0.29, 0.717) is 12.8 Å². The van der Waals surface area contributed by atoms with Crippen LogP contribution in [0, 0.1) is 19.3 Å². The third kappa shape index (κ3) is 3.00. The fourth-order valence-corrected chi connectivity index (χ4v) is 1.47. The predicted octanol–water partition coefficient (Wildman–Crippen LogP) is 2.45. The highest BCUT2D eigenvalue weighted by Crippen LogP contribution is 2.28. The molecule has 0 radical (unpaired) electrons. The van der Waals surface area contributed by atoms with Crippen molar-refractivity contribution in [3.05, 3.63) is 29.3 Å². The van der Waals surface area contributed by atoms with Gasteiger partial charge in [0.1, 0.15) is 5.75 Å². The Hall–Kier alpha value is -1.46. The summed E-state index contributed by atoms with van der Waals surface area (Å²) in [6.07, 6.45) is 5.75. The van der Waals surface area contributed by atoms with E-state index in [4.69, 9.17) is 11.2 Å². The molecule has 0 saturated heterocycles. The van der Waals surface area contributed by atoms with E-state index in [1.807, 2.05) is 25.1 Å². The fraction of sp³-hybridized carbons (Fsp3) is 0.385. The van der Waals surface area contributed by atoms with Crippen LogP contribution in [0.1, 0.15) is 30.1 Å². The van der Waals surface area contributed by atoms with E-state index in [9.17, 15) is 5.11 Å². The average molecular weight is 204 g/mol. The van der Waals surface area contributed by atoms with Crippen LogP contribution >= 0.6 is 0 Å². The molecule has 1 aromatic rings. The maximum Gasteiger partial charge on any atom is 0.124 e. The molecule has 1 atom stereocenters. The summed E-state index contributed by atoms with van der Waals surface area (Å²) in [7, 11) is 1.60. The molecule has 0 aliphatic rings. The van der Waals surface area contributed by atoms with Crippen LogP contribution in [-0.4, -0.2) is 12.2 Å². The first-order valence-electron chi connectivity index (χ1n) is 4.95. The van der Waals surface area contributed by atoms with Gasteiger partial charge in [-0.25, -0.2) is 0 Å². The molecule has 0 saturated carbocycles. The molecular formula is C13H16O2. The van der Waals surface area contributed by atoms with Crippen LogP contribution in [0.15, 0.2) is 18.2 Å². The summed E-state index contributed by atoms with van der Waals surface area (Å²) < 4.78 is 5.22. The van der Waals surface area contributed by atoms with Gasteiger partial charge in [0.25, 0.3) is 0 Å². The van der Waals surface area contributed by atoms with E-state index in [0.717, 1.165) is 16.9 Å². The van der Waals surface area contributed by atoms with Crippen molar-refractivity contribution in [1.82, 2.24) is 0 Å². The number of aliphatic hydroxyl groups is 1. The maximum atomic E-state index is 9.88. The number of aliphatic hydroxyl groups excluding tert-OH is 1. The molecule has 15 heavy (non-hydrogen) atoms. The molecule has 0 fully saturated rings. The van der Waals surface area contributed by atoms with Crippen LogP contribution < -0.4 is 4.74 Å². The largest absolute Gasteiger partial charge is 0.496 e. The van der Waals surface area contributed by atoms with Crippen molar-refractivity contribution >= 4 is 0 Å². The van der Waals surface area contributed by atoms with Crippen LogP contribution in [0.2, 0.25) is 0 Å². The molecule has 0 amide bonds. The van der Waals surface area contributed by atoms with Crippen LogP contribution in [0.25, 0.3) is 0 Å². The highest BCUT2D eigenvalue weighted by Gasteiger charge is 2.12. The first-order chi connectivity index (χ1) is 7.19. The van der Waals surface area contributed by atoms with Crippen molar-refractivity contribution in [2.45, 2.75) is 25.9 Å². The van der Waals surface area contributed by atoms with Crippen molar-refractivity contribution in [3.63, 3.8) is 0 Å². The molecule has 1 N–H and O–H groups in total. The van der Waals surface area contributed by atoms with E-state index < -0.39 is 6.10 Å². The number of terminal acetylenes is 1. The molecule has 1 aromatic carbocycles. The van der Waals surface area contributed by atoms with Crippen molar-refractivity contribution < 1.29 is 9.84 Å². The Morgan fingerprint density at radius 1 is 1.53 bits per heavy atom. The van der Waals surface area contributed by atoms with E-state index in [1.165, 1.54) is 0 Å². The molecule has 1 rings (SSSR count). The van der Waals surface area contributed by atoms with Crippen LogP contribution in [0.5, 0.6) is 5.75 Å². The molecule has 2 nitrogen and oxygen atoms in total. The molecule has 2 heteroatoms. The molecule has 0 aromatic heterocycles. The smallest absolute Gasteiger partial charge is 0.124 e. The van der Waals surface area contributed by atoms with Crippen LogP contribution in [-0.2, 0) is 0 Å². The van der Waals surface area contributed by atoms with Crippen LogP contribution in [0.4, 0.5) is 0 Å². The van der Waals surface area contributed by atoms with Crippen molar-refractivity contribution in [3.8, 4) is 18.1 Å². The SMILES string of the molecule is C#CCCC(O)c1ccc(C)cc1OC. The third-order valence-electron chi connectivity index (χ3n) is 2.31. The van der Waals surface area contributed by atoms with Gasteiger partial charge < -0.3 is 9.84 Å². The van der Waals surface area contributed by atoms with Gasteiger partial charge in [-0.05, 0) is 25.0 Å². The van der Waals surface area contributed by atoms with Gasteiger partial charge >= 0.3 is 0 Å². The standard InChI is InChI=1S/C13H16O2/c1-4-5-6-12(14)11-8-7-10(2)9-13(11)15-3/h1,7-9,12,14H,5-6H2,2-3H3. The van der Waals surface area contributed by atoms with Gasteiger partial charge in [0, 0.05) is 12.0 Å². The number of hydrogen-bond acceptors (Lipinski definition) is 2. The lowest BCUT2D eigenvalue weighted by Crippen LogP contribution is -2.00. The number of benzene rings is 1. The maximum absolute atomic E-state index is 9.88. The topological polar surface area (TPSA) is 29.5 Å². The highest BCUT2D eigenvalue weighted by atomic mass is 16.5. The number of rotatable bonds is 4. The lowest BCUT2D eigenvalue weighted by molar-refractivity contribution is 0.165. The Morgan fingerprint density at radius 2 is 2.27 bits per heavy atom. The lowest BCUT2D eigenvalue weighted by atomic mass is 10.0. The second-order valence-corrected chi connectivity index (χ2v) is 3.50. The summed E-state index contributed by atoms with van der Waals surface area (Å²) >= 11 is 0. The van der Waals surface area contributed by atoms with Crippen LogP contribution in [0.3, 0.4) is 0 Å². The van der Waals surface area contributed by atoms with Crippen molar-refractivity contribution in [2.75, 3.05) is 7.11 Å². The van der Waals surface area contributed by atoms with Gasteiger partial charge in [-0.3, -0.25) is 0 Å². The molecule has 0 bridgehead atoms. The zero-order valence-corrected chi connectivity index (χ0v) is 9.16. The summed E-state index contributed by atoms with van der Waals surface area (Å²) in [5, 5.41) is 9.88. The molecule has 0 heterocycles. The van der Waals surface area contributed by atoms with E-state index in [2.05, 4.69) is 5.92 Å². The first kappa shape index (κ1) is 11.6. The third-order valence-corrected chi connectivity index (χ3v) is 2.31. The van der Waals surface area contributed by atoms with Gasteiger partial charge in [0.15, 0.2) is 0 Å². The Kier molecular flexibility index (Phi) is 4.20. The number of ether oxygens (including phenoxy) is 1.